The zero-order chi connectivity index (χ0) is 27.0. The summed E-state index contributed by atoms with van der Waals surface area (Å²) < 4.78 is 32.0. The fraction of sp³-hybridized carbons (Fsp3) is 0.577. The van der Waals surface area contributed by atoms with Crippen molar-refractivity contribution in [3.05, 3.63) is 46.0 Å². The van der Waals surface area contributed by atoms with Gasteiger partial charge in [-0.15, -0.1) is 11.3 Å². The molecule has 5 atom stereocenters. The van der Waals surface area contributed by atoms with Gasteiger partial charge >= 0.3 is 0 Å². The molecule has 0 spiro atoms. The highest BCUT2D eigenvalue weighted by Gasteiger charge is 2.59. The van der Waals surface area contributed by atoms with Gasteiger partial charge in [-0.1, -0.05) is 13.8 Å². The highest BCUT2D eigenvalue weighted by atomic mass is 32.1. The molecule has 1 fully saturated rings. The van der Waals surface area contributed by atoms with Crippen LogP contribution in [0.15, 0.2) is 18.2 Å². The van der Waals surface area contributed by atoms with Gasteiger partial charge in [0.05, 0.1) is 18.4 Å². The summed E-state index contributed by atoms with van der Waals surface area (Å²) >= 11 is 1.32. The lowest BCUT2D eigenvalue weighted by Crippen LogP contribution is -2.57. The summed E-state index contributed by atoms with van der Waals surface area (Å²) in [5.74, 6) is -2.58. The molecule has 2 aromatic rings. The highest BCUT2D eigenvalue weighted by Crippen LogP contribution is 2.62. The molecule has 8 nitrogen and oxygen atoms in total. The van der Waals surface area contributed by atoms with Gasteiger partial charge in [0, 0.05) is 42.4 Å². The van der Waals surface area contributed by atoms with E-state index in [1.807, 2.05) is 6.92 Å². The number of aromatic nitrogens is 1. The summed E-state index contributed by atoms with van der Waals surface area (Å²) in [4.78, 5) is 30.8. The van der Waals surface area contributed by atoms with E-state index in [0.29, 0.717) is 30.0 Å². The second-order valence-corrected chi connectivity index (χ2v) is 11.7. The quantitative estimate of drug-likeness (QED) is 0.411. The van der Waals surface area contributed by atoms with E-state index in [2.05, 4.69) is 17.6 Å². The Bertz CT molecular complexity index is 1160. The summed E-state index contributed by atoms with van der Waals surface area (Å²) in [5, 5.41) is 27.1. The Hall–Kier alpha value is -2.47. The van der Waals surface area contributed by atoms with Crippen molar-refractivity contribution in [3.63, 3.8) is 0 Å². The van der Waals surface area contributed by atoms with Gasteiger partial charge in [-0.25, -0.2) is 13.8 Å². The Balaban J connectivity index is 1.63. The first-order chi connectivity index (χ1) is 17.5. The molecule has 2 aliphatic carbocycles. The number of nitrogens with zero attached hydrogens (tertiary/aromatic N) is 1. The molecular weight excluding hydrogens is 504 g/mol. The maximum absolute atomic E-state index is 13.6. The largest absolute Gasteiger partial charge is 0.396 e. The van der Waals surface area contributed by atoms with Gasteiger partial charge < -0.3 is 20.3 Å². The van der Waals surface area contributed by atoms with E-state index in [-0.39, 0.29) is 49.8 Å². The second-order valence-electron chi connectivity index (χ2n) is 10.6. The number of aliphatic hydroxyl groups excluding tert-OH is 2. The monoisotopic (exact) mass is 537 g/mol. The number of amides is 2. The van der Waals surface area contributed by atoms with Crippen molar-refractivity contribution >= 4 is 28.3 Å². The van der Waals surface area contributed by atoms with Crippen LogP contribution in [0.1, 0.15) is 55.2 Å². The molecule has 0 bridgehead atoms. The van der Waals surface area contributed by atoms with Gasteiger partial charge in [0.15, 0.2) is 5.13 Å². The number of fused-ring (bicyclic) bond motifs is 2. The molecular formula is C26H33F2N3O5S. The van der Waals surface area contributed by atoms with Gasteiger partial charge in [-0.05, 0) is 48.3 Å². The third kappa shape index (κ3) is 5.41. The molecule has 0 saturated heterocycles. The van der Waals surface area contributed by atoms with E-state index in [0.717, 1.165) is 16.6 Å². The fourth-order valence-electron chi connectivity index (χ4n) is 6.16. The van der Waals surface area contributed by atoms with Crippen molar-refractivity contribution in [2.75, 3.05) is 25.6 Å². The lowest BCUT2D eigenvalue weighted by Gasteiger charge is -2.58. The minimum atomic E-state index is -0.776. The molecule has 1 saturated carbocycles. The molecule has 0 radical (unpaired) electrons. The van der Waals surface area contributed by atoms with Crippen LogP contribution in [0.3, 0.4) is 0 Å². The first-order valence-electron chi connectivity index (χ1n) is 12.3. The van der Waals surface area contributed by atoms with E-state index < -0.39 is 28.6 Å². The molecule has 11 heteroatoms. The number of hydrogen-bond donors (Lipinski definition) is 4. The number of benzene rings is 1. The van der Waals surface area contributed by atoms with Crippen molar-refractivity contribution in [2.24, 2.45) is 16.7 Å². The predicted molar refractivity (Wildman–Crippen MR) is 134 cm³/mol. The summed E-state index contributed by atoms with van der Waals surface area (Å²) in [6.07, 6.45) is 1.03. The van der Waals surface area contributed by atoms with E-state index >= 15 is 0 Å². The smallest absolute Gasteiger partial charge is 0.252 e. The molecule has 202 valence electrons. The number of halogens is 2. The van der Waals surface area contributed by atoms with Gasteiger partial charge in [0.25, 0.3) is 5.91 Å². The highest BCUT2D eigenvalue weighted by molar-refractivity contribution is 7.15. The van der Waals surface area contributed by atoms with Gasteiger partial charge in [-0.3, -0.25) is 14.9 Å². The number of nitrogens with one attached hydrogen (secondary N) is 2. The van der Waals surface area contributed by atoms with Crippen LogP contribution in [-0.4, -0.2) is 53.4 Å². The van der Waals surface area contributed by atoms with Crippen LogP contribution in [-0.2, 0) is 27.3 Å². The third-order valence-electron chi connectivity index (χ3n) is 8.22. The Morgan fingerprint density at radius 2 is 1.92 bits per heavy atom. The average molecular weight is 538 g/mol. The second kappa shape index (κ2) is 10.7. The van der Waals surface area contributed by atoms with Gasteiger partial charge in [-0.2, -0.15) is 0 Å². The number of rotatable bonds is 8. The van der Waals surface area contributed by atoms with Crippen LogP contribution >= 0.6 is 11.3 Å². The standard InChI is InChI=1S/C26H33F2N3O5S/c1-25-5-4-20(33)26(2,13-32)19(25)10-18-23(31-24(37-18)30-22(35)12-36-3)17(25)9-21(34)29-11-14-6-15(27)8-16(28)7-14/h6-8,17,19-20,32-33H,4-5,9-13H2,1-3H3,(H,29,34)(H,30,31,35). The number of carbonyl (C=O) groups is 2. The van der Waals surface area contributed by atoms with E-state index in [9.17, 15) is 28.6 Å². The number of carbonyl (C=O) groups excluding carboxylic acids is 2. The Labute approximate surface area is 218 Å². The maximum atomic E-state index is 13.6. The summed E-state index contributed by atoms with van der Waals surface area (Å²) in [7, 11) is 1.42. The molecule has 4 rings (SSSR count). The topological polar surface area (TPSA) is 121 Å². The molecule has 1 aromatic heterocycles. The number of aliphatic hydroxyl groups is 2. The van der Waals surface area contributed by atoms with Crippen molar-refractivity contribution in [1.82, 2.24) is 10.3 Å². The first-order valence-corrected chi connectivity index (χ1v) is 13.1. The zero-order valence-corrected chi connectivity index (χ0v) is 22.0. The number of anilines is 1. The van der Waals surface area contributed by atoms with E-state index in [1.165, 1.54) is 30.6 Å². The molecule has 2 amide bonds. The SMILES string of the molecule is COCC(=O)Nc1nc2c(s1)CC1C(C)(CO)C(O)CCC1(C)C2CC(=O)NCc1cc(F)cc(F)c1. The normalized spacial score (nSPS) is 28.8. The van der Waals surface area contributed by atoms with Crippen molar-refractivity contribution in [3.8, 4) is 0 Å². The molecule has 37 heavy (non-hydrogen) atoms. The molecule has 1 aromatic carbocycles. The Morgan fingerprint density at radius 1 is 1.22 bits per heavy atom. The van der Waals surface area contributed by atoms with E-state index in [1.54, 1.807) is 0 Å². The van der Waals surface area contributed by atoms with Crippen LogP contribution in [0.5, 0.6) is 0 Å². The minimum absolute atomic E-state index is 0.0321. The molecule has 1 heterocycles. The average Bonchev–Trinajstić information content (AvgIpc) is 3.23. The zero-order valence-electron chi connectivity index (χ0n) is 21.1. The van der Waals surface area contributed by atoms with Crippen LogP contribution in [0.25, 0.3) is 0 Å². The van der Waals surface area contributed by atoms with Crippen LogP contribution in [0.2, 0.25) is 0 Å². The van der Waals surface area contributed by atoms with Crippen molar-refractivity contribution in [2.45, 2.75) is 58.1 Å². The van der Waals surface area contributed by atoms with Crippen LogP contribution in [0.4, 0.5) is 13.9 Å². The molecule has 4 N–H and O–H groups in total. The van der Waals surface area contributed by atoms with Crippen LogP contribution < -0.4 is 10.6 Å². The summed E-state index contributed by atoms with van der Waals surface area (Å²) in [6, 6.07) is 3.12. The third-order valence-corrected chi connectivity index (χ3v) is 9.23. The fourth-order valence-corrected chi connectivity index (χ4v) is 7.24. The first kappa shape index (κ1) is 27.6. The molecule has 5 unspecified atom stereocenters. The number of ether oxygens (including phenoxy) is 1. The lowest BCUT2D eigenvalue weighted by atomic mass is 9.47. The number of thiazole rings is 1. The minimum Gasteiger partial charge on any atom is -0.396 e. The number of hydrogen-bond acceptors (Lipinski definition) is 7. The molecule has 2 aliphatic rings. The van der Waals surface area contributed by atoms with Crippen molar-refractivity contribution in [1.29, 1.82) is 0 Å². The molecule has 0 aliphatic heterocycles. The predicted octanol–water partition coefficient (Wildman–Crippen LogP) is 3.13. The Morgan fingerprint density at radius 3 is 2.57 bits per heavy atom. The number of methoxy groups -OCH3 is 1. The summed E-state index contributed by atoms with van der Waals surface area (Å²) in [5.41, 5.74) is -0.208. The Kier molecular flexibility index (Phi) is 7.99. The van der Waals surface area contributed by atoms with Crippen LogP contribution in [0, 0.1) is 28.4 Å². The van der Waals surface area contributed by atoms with Gasteiger partial charge in [0.2, 0.25) is 5.91 Å². The van der Waals surface area contributed by atoms with Crippen molar-refractivity contribution < 1.29 is 33.3 Å². The maximum Gasteiger partial charge on any atom is 0.252 e. The van der Waals surface area contributed by atoms with E-state index in [4.69, 9.17) is 9.72 Å². The summed E-state index contributed by atoms with van der Waals surface area (Å²) in [6.45, 7) is 3.59. The lowest BCUT2D eigenvalue weighted by molar-refractivity contribution is -0.144. The van der Waals surface area contributed by atoms with Gasteiger partial charge in [0.1, 0.15) is 18.2 Å².